The van der Waals surface area contributed by atoms with E-state index in [0.29, 0.717) is 16.2 Å². The molecular weight excluding hydrogens is 266 g/mol. The number of nitrogens with zero attached hydrogens (tertiary/aromatic N) is 3. The maximum atomic E-state index is 11.3. The minimum Gasteiger partial charge on any atom is -0.478 e. The predicted octanol–water partition coefficient (Wildman–Crippen LogP) is 2.77. The van der Waals surface area contributed by atoms with Crippen LogP contribution < -0.4 is 0 Å². The number of aromatic nitrogens is 3. The van der Waals surface area contributed by atoms with Crippen molar-refractivity contribution in [2.45, 2.75) is 0 Å². The molecule has 0 radical (unpaired) electrons. The molecule has 19 heavy (non-hydrogen) atoms. The summed E-state index contributed by atoms with van der Waals surface area (Å²) in [7, 11) is 0. The molecule has 1 aromatic heterocycles. The summed E-state index contributed by atoms with van der Waals surface area (Å²) < 4.78 is 1.48. The standard InChI is InChI=1S/C13H8ClN3O2/c14-8-5-6-9(13(18)19)12(7-8)17-11-4-2-1-3-10(11)15-16-17/h1-7H,(H,18,19). The Kier molecular flexibility index (Phi) is 2.68. The zero-order chi connectivity index (χ0) is 13.4. The molecule has 0 bridgehead atoms. The summed E-state index contributed by atoms with van der Waals surface area (Å²) in [5.74, 6) is -1.04. The van der Waals surface area contributed by atoms with Gasteiger partial charge in [-0.2, -0.15) is 0 Å². The van der Waals surface area contributed by atoms with E-state index in [2.05, 4.69) is 10.3 Å². The fourth-order valence-electron chi connectivity index (χ4n) is 1.91. The third-order valence-electron chi connectivity index (χ3n) is 2.77. The van der Waals surface area contributed by atoms with Crippen LogP contribution in [0.2, 0.25) is 5.02 Å². The number of hydrogen-bond donors (Lipinski definition) is 1. The molecule has 0 fully saturated rings. The maximum absolute atomic E-state index is 11.3. The Balaban J connectivity index is 2.32. The van der Waals surface area contributed by atoms with Crippen LogP contribution in [0, 0.1) is 0 Å². The molecule has 0 saturated heterocycles. The van der Waals surface area contributed by atoms with Gasteiger partial charge in [0.15, 0.2) is 0 Å². The number of aromatic carboxylic acids is 1. The Morgan fingerprint density at radius 1 is 1.21 bits per heavy atom. The Hall–Kier alpha value is -2.40. The van der Waals surface area contributed by atoms with Gasteiger partial charge in [-0.15, -0.1) is 5.10 Å². The topological polar surface area (TPSA) is 68.0 Å². The summed E-state index contributed by atoms with van der Waals surface area (Å²) in [5.41, 5.74) is 1.94. The lowest BCUT2D eigenvalue weighted by molar-refractivity contribution is 0.0697. The van der Waals surface area contributed by atoms with Gasteiger partial charge in [-0.1, -0.05) is 28.9 Å². The van der Waals surface area contributed by atoms with E-state index >= 15 is 0 Å². The molecule has 0 aliphatic heterocycles. The van der Waals surface area contributed by atoms with Crippen molar-refractivity contribution in [2.75, 3.05) is 0 Å². The predicted molar refractivity (Wildman–Crippen MR) is 70.8 cm³/mol. The fourth-order valence-corrected chi connectivity index (χ4v) is 2.07. The number of fused-ring (bicyclic) bond motifs is 1. The van der Waals surface area contributed by atoms with E-state index in [-0.39, 0.29) is 5.56 Å². The molecule has 0 spiro atoms. The molecule has 2 aromatic carbocycles. The summed E-state index contributed by atoms with van der Waals surface area (Å²) in [5, 5.41) is 17.7. The second kappa shape index (κ2) is 4.37. The lowest BCUT2D eigenvalue weighted by Gasteiger charge is -2.07. The summed E-state index contributed by atoms with van der Waals surface area (Å²) in [6.07, 6.45) is 0. The van der Waals surface area contributed by atoms with E-state index in [1.54, 1.807) is 6.07 Å². The van der Waals surface area contributed by atoms with E-state index in [4.69, 9.17) is 11.6 Å². The van der Waals surface area contributed by atoms with Gasteiger partial charge >= 0.3 is 5.97 Å². The highest BCUT2D eigenvalue weighted by Gasteiger charge is 2.15. The first-order chi connectivity index (χ1) is 9.16. The largest absolute Gasteiger partial charge is 0.478 e. The van der Waals surface area contributed by atoms with Crippen LogP contribution in [-0.4, -0.2) is 26.1 Å². The molecule has 0 aliphatic carbocycles. The van der Waals surface area contributed by atoms with Crippen molar-refractivity contribution in [1.29, 1.82) is 0 Å². The lowest BCUT2D eigenvalue weighted by atomic mass is 10.1. The van der Waals surface area contributed by atoms with Crippen LogP contribution in [0.4, 0.5) is 0 Å². The van der Waals surface area contributed by atoms with Gasteiger partial charge < -0.3 is 5.11 Å². The average Bonchev–Trinajstić information content (AvgIpc) is 2.82. The second-order valence-electron chi connectivity index (χ2n) is 3.96. The Morgan fingerprint density at radius 2 is 2.00 bits per heavy atom. The van der Waals surface area contributed by atoms with Gasteiger partial charge in [0.2, 0.25) is 0 Å². The average molecular weight is 274 g/mol. The van der Waals surface area contributed by atoms with Crippen molar-refractivity contribution in [3.8, 4) is 5.69 Å². The molecular formula is C13H8ClN3O2. The van der Waals surface area contributed by atoms with Crippen molar-refractivity contribution in [3.05, 3.63) is 53.1 Å². The highest BCUT2D eigenvalue weighted by atomic mass is 35.5. The molecule has 0 atom stereocenters. The number of carboxylic acid groups (broad SMARTS) is 1. The van der Waals surface area contributed by atoms with Crippen molar-refractivity contribution in [1.82, 2.24) is 15.0 Å². The zero-order valence-electron chi connectivity index (χ0n) is 9.62. The first-order valence-electron chi connectivity index (χ1n) is 5.50. The minimum absolute atomic E-state index is 0.125. The minimum atomic E-state index is -1.04. The molecule has 0 unspecified atom stereocenters. The molecule has 3 aromatic rings. The van der Waals surface area contributed by atoms with Crippen molar-refractivity contribution < 1.29 is 9.90 Å². The van der Waals surface area contributed by atoms with Crippen molar-refractivity contribution in [2.24, 2.45) is 0 Å². The van der Waals surface area contributed by atoms with Crippen molar-refractivity contribution in [3.63, 3.8) is 0 Å². The Morgan fingerprint density at radius 3 is 2.79 bits per heavy atom. The maximum Gasteiger partial charge on any atom is 0.337 e. The highest BCUT2D eigenvalue weighted by molar-refractivity contribution is 6.31. The highest BCUT2D eigenvalue weighted by Crippen LogP contribution is 2.23. The molecule has 94 valence electrons. The molecule has 0 amide bonds. The van der Waals surface area contributed by atoms with E-state index in [9.17, 15) is 9.90 Å². The van der Waals surface area contributed by atoms with Crippen LogP contribution >= 0.6 is 11.6 Å². The number of benzene rings is 2. The summed E-state index contributed by atoms with van der Waals surface area (Å²) in [6, 6.07) is 11.9. The molecule has 0 saturated carbocycles. The number of para-hydroxylation sites is 1. The fraction of sp³-hybridized carbons (Fsp3) is 0. The molecule has 3 rings (SSSR count). The summed E-state index contributed by atoms with van der Waals surface area (Å²) in [6.45, 7) is 0. The van der Waals surface area contributed by atoms with Crippen LogP contribution in [0.1, 0.15) is 10.4 Å². The van der Waals surface area contributed by atoms with Gasteiger partial charge in [0.05, 0.1) is 16.8 Å². The van der Waals surface area contributed by atoms with E-state index < -0.39 is 5.97 Å². The van der Waals surface area contributed by atoms with Crippen LogP contribution in [0.3, 0.4) is 0 Å². The SMILES string of the molecule is O=C(O)c1ccc(Cl)cc1-n1nnc2ccccc21. The van der Waals surface area contributed by atoms with E-state index in [1.807, 2.05) is 24.3 Å². The number of rotatable bonds is 2. The van der Waals surface area contributed by atoms with E-state index in [0.717, 1.165) is 5.52 Å². The molecule has 5 nitrogen and oxygen atoms in total. The third kappa shape index (κ3) is 1.94. The molecule has 1 N–H and O–H groups in total. The molecule has 6 heteroatoms. The molecule has 0 aliphatic rings. The van der Waals surface area contributed by atoms with Crippen LogP contribution in [0.15, 0.2) is 42.5 Å². The number of halogens is 1. The lowest BCUT2D eigenvalue weighted by Crippen LogP contribution is -2.06. The number of hydrogen-bond acceptors (Lipinski definition) is 3. The first kappa shape index (κ1) is 11.7. The third-order valence-corrected chi connectivity index (χ3v) is 3.01. The van der Waals surface area contributed by atoms with Gasteiger partial charge in [0, 0.05) is 5.02 Å². The number of carboxylic acids is 1. The zero-order valence-corrected chi connectivity index (χ0v) is 10.4. The van der Waals surface area contributed by atoms with Gasteiger partial charge in [-0.3, -0.25) is 0 Å². The van der Waals surface area contributed by atoms with Gasteiger partial charge in [0.1, 0.15) is 5.52 Å². The Labute approximate surface area is 113 Å². The monoisotopic (exact) mass is 273 g/mol. The normalized spacial score (nSPS) is 10.8. The second-order valence-corrected chi connectivity index (χ2v) is 4.39. The van der Waals surface area contributed by atoms with Gasteiger partial charge in [-0.25, -0.2) is 9.48 Å². The number of carbonyl (C=O) groups is 1. The molecule has 1 heterocycles. The van der Waals surface area contributed by atoms with Crippen LogP contribution in [0.25, 0.3) is 16.7 Å². The van der Waals surface area contributed by atoms with Crippen LogP contribution in [-0.2, 0) is 0 Å². The van der Waals surface area contributed by atoms with Gasteiger partial charge in [-0.05, 0) is 30.3 Å². The smallest absolute Gasteiger partial charge is 0.337 e. The quantitative estimate of drug-likeness (QED) is 0.779. The van der Waals surface area contributed by atoms with E-state index in [1.165, 1.54) is 16.8 Å². The van der Waals surface area contributed by atoms with Gasteiger partial charge in [0.25, 0.3) is 0 Å². The van der Waals surface area contributed by atoms with Crippen LogP contribution in [0.5, 0.6) is 0 Å². The van der Waals surface area contributed by atoms with Crippen molar-refractivity contribution >= 4 is 28.6 Å². The summed E-state index contributed by atoms with van der Waals surface area (Å²) >= 11 is 5.94. The first-order valence-corrected chi connectivity index (χ1v) is 5.88. The Bertz CT molecular complexity index is 782. The summed E-state index contributed by atoms with van der Waals surface area (Å²) in [4.78, 5) is 11.3.